The van der Waals surface area contributed by atoms with E-state index in [2.05, 4.69) is 25.5 Å². The summed E-state index contributed by atoms with van der Waals surface area (Å²) in [4.78, 5) is 9.89. The number of piperidine rings is 1. The Labute approximate surface area is 194 Å². The zero-order valence-electron chi connectivity index (χ0n) is 17.8. The lowest BCUT2D eigenvalue weighted by atomic mass is 10.1. The summed E-state index contributed by atoms with van der Waals surface area (Å²) in [5.41, 5.74) is 1.74. The maximum atomic E-state index is 12.9. The molecule has 9 nitrogen and oxygen atoms in total. The number of hydrogen-bond acceptors (Lipinski definition) is 10. The average Bonchev–Trinajstić information content (AvgIpc) is 3.54. The van der Waals surface area contributed by atoms with E-state index < -0.39 is 15.1 Å². The van der Waals surface area contributed by atoms with Crippen LogP contribution in [0.4, 0.5) is 0 Å². The molecule has 4 heterocycles. The van der Waals surface area contributed by atoms with Crippen molar-refractivity contribution in [3.05, 3.63) is 48.1 Å². The molecule has 170 valence electrons. The zero-order chi connectivity index (χ0) is 22.8. The Balaban J connectivity index is 1.40. The highest BCUT2D eigenvalue weighted by Gasteiger charge is 2.28. The molecule has 0 aliphatic carbocycles. The number of methoxy groups -OCH3 is 1. The highest BCUT2D eigenvalue weighted by Crippen LogP contribution is 2.35. The van der Waals surface area contributed by atoms with E-state index in [1.54, 1.807) is 43.8 Å². The number of aromatic nitrogens is 4. The Bertz CT molecular complexity index is 1360. The van der Waals surface area contributed by atoms with Gasteiger partial charge in [-0.25, -0.2) is 13.4 Å². The fourth-order valence-electron chi connectivity index (χ4n) is 3.73. The summed E-state index contributed by atoms with van der Waals surface area (Å²) >= 11 is 1.44. The third kappa shape index (κ3) is 4.26. The molecule has 1 aromatic carbocycles. The van der Waals surface area contributed by atoms with Gasteiger partial charge in [0, 0.05) is 12.1 Å². The van der Waals surface area contributed by atoms with Crippen LogP contribution in [0, 0.1) is 0 Å². The monoisotopic (exact) mass is 483 g/mol. The number of benzene rings is 1. The largest absolute Gasteiger partial charge is 0.495 e. The number of hydrogen-bond donors (Lipinski definition) is 1. The van der Waals surface area contributed by atoms with Gasteiger partial charge in [-0.1, -0.05) is 12.1 Å². The number of nitrogens with zero attached hydrogens (tertiary/aromatic N) is 4. The van der Waals surface area contributed by atoms with Gasteiger partial charge in [-0.15, -0.1) is 21.5 Å². The summed E-state index contributed by atoms with van der Waals surface area (Å²) in [6.07, 6.45) is 4.69. The van der Waals surface area contributed by atoms with Crippen LogP contribution >= 0.6 is 11.3 Å². The Hall–Kier alpha value is -3.15. The van der Waals surface area contributed by atoms with Gasteiger partial charge >= 0.3 is 0 Å². The molecule has 1 atom stereocenters. The van der Waals surface area contributed by atoms with Crippen LogP contribution in [-0.4, -0.2) is 54.0 Å². The Kier molecular flexibility index (Phi) is 5.92. The van der Waals surface area contributed by atoms with E-state index in [1.807, 2.05) is 11.4 Å². The fourth-order valence-corrected chi connectivity index (χ4v) is 6.23. The maximum absolute atomic E-state index is 12.9. The molecule has 0 spiro atoms. The molecule has 1 fully saturated rings. The van der Waals surface area contributed by atoms with Crippen LogP contribution in [0.5, 0.6) is 5.75 Å². The first-order valence-electron chi connectivity index (χ1n) is 10.4. The molecule has 0 saturated carbocycles. The molecule has 1 unspecified atom stereocenters. The molecule has 4 aromatic rings. The molecule has 1 aliphatic heterocycles. The molecule has 0 bridgehead atoms. The quantitative estimate of drug-likeness (QED) is 0.439. The highest BCUT2D eigenvalue weighted by atomic mass is 32.2. The number of nitrogens with one attached hydrogen (secondary N) is 1. The van der Waals surface area contributed by atoms with Gasteiger partial charge in [-0.05, 0) is 43.0 Å². The van der Waals surface area contributed by atoms with Crippen LogP contribution in [0.15, 0.2) is 57.4 Å². The van der Waals surface area contributed by atoms with Crippen LogP contribution in [0.3, 0.4) is 0 Å². The van der Waals surface area contributed by atoms with Crippen LogP contribution in [0.2, 0.25) is 0 Å². The summed E-state index contributed by atoms with van der Waals surface area (Å²) < 4.78 is 36.9. The normalized spacial score (nSPS) is 16.6. The van der Waals surface area contributed by atoms with Gasteiger partial charge in [0.2, 0.25) is 0 Å². The van der Waals surface area contributed by atoms with Crippen molar-refractivity contribution in [1.82, 2.24) is 25.5 Å². The summed E-state index contributed by atoms with van der Waals surface area (Å²) in [6.45, 7) is 1.35. The molecule has 33 heavy (non-hydrogen) atoms. The van der Waals surface area contributed by atoms with E-state index >= 15 is 0 Å². The molecule has 1 aliphatic rings. The highest BCUT2D eigenvalue weighted by molar-refractivity contribution is 7.92. The van der Waals surface area contributed by atoms with Crippen molar-refractivity contribution in [2.75, 3.05) is 20.2 Å². The zero-order valence-corrected chi connectivity index (χ0v) is 19.4. The van der Waals surface area contributed by atoms with Gasteiger partial charge in [0.05, 0.1) is 35.3 Å². The van der Waals surface area contributed by atoms with Crippen molar-refractivity contribution in [2.45, 2.75) is 23.0 Å². The minimum atomic E-state index is -3.38. The van der Waals surface area contributed by atoms with E-state index in [9.17, 15) is 8.42 Å². The molecule has 0 amide bonds. The lowest BCUT2D eigenvalue weighted by Crippen LogP contribution is -2.38. The summed E-state index contributed by atoms with van der Waals surface area (Å²) in [6, 6.07) is 8.57. The van der Waals surface area contributed by atoms with E-state index in [-0.39, 0.29) is 5.89 Å². The van der Waals surface area contributed by atoms with Gasteiger partial charge in [0.1, 0.15) is 16.3 Å². The Morgan fingerprint density at radius 2 is 1.88 bits per heavy atom. The molecule has 3 aromatic heterocycles. The third-order valence-corrected chi connectivity index (χ3v) is 8.58. The molecular weight excluding hydrogens is 462 g/mol. The minimum absolute atomic E-state index is 0.235. The number of sulfone groups is 1. The van der Waals surface area contributed by atoms with Gasteiger partial charge in [0.25, 0.3) is 11.8 Å². The number of ether oxygens (including phenoxy) is 1. The van der Waals surface area contributed by atoms with Gasteiger partial charge in [-0.3, -0.25) is 4.98 Å². The van der Waals surface area contributed by atoms with Crippen LogP contribution in [0.25, 0.3) is 33.6 Å². The third-order valence-electron chi connectivity index (χ3n) is 5.49. The van der Waals surface area contributed by atoms with Gasteiger partial charge in [-0.2, -0.15) is 0 Å². The maximum Gasteiger partial charge on any atom is 0.268 e. The van der Waals surface area contributed by atoms with Gasteiger partial charge < -0.3 is 14.5 Å². The molecule has 1 saturated heterocycles. The van der Waals surface area contributed by atoms with Gasteiger partial charge in [0.15, 0.2) is 9.84 Å². The van der Waals surface area contributed by atoms with Crippen molar-refractivity contribution in [2.24, 2.45) is 0 Å². The second-order valence-corrected chi connectivity index (χ2v) is 10.7. The average molecular weight is 484 g/mol. The van der Waals surface area contributed by atoms with Crippen molar-refractivity contribution in [1.29, 1.82) is 0 Å². The Morgan fingerprint density at radius 3 is 2.64 bits per heavy atom. The van der Waals surface area contributed by atoms with E-state index in [1.165, 1.54) is 11.3 Å². The fraction of sp³-hybridized carbons (Fsp3) is 0.273. The smallest absolute Gasteiger partial charge is 0.268 e. The molecule has 0 radical (unpaired) electrons. The molecule has 1 N–H and O–H groups in total. The minimum Gasteiger partial charge on any atom is -0.495 e. The first-order valence-corrected chi connectivity index (χ1v) is 12.8. The second kappa shape index (κ2) is 9.00. The second-order valence-electron chi connectivity index (χ2n) is 7.56. The summed E-state index contributed by atoms with van der Waals surface area (Å²) in [7, 11) is -1.79. The Morgan fingerprint density at radius 1 is 1.09 bits per heavy atom. The molecule has 5 rings (SSSR count). The standard InChI is InChI=1S/C22H21N5O4S2/c1-30-19-8-10-32-20(19)22-27-26-21(31-22)18-13-24-12-17(25-18)14-4-6-15(7-5-14)33(28,29)16-3-2-9-23-11-16/h4-8,10,12-13,16,23H,2-3,9,11H2,1H3. The first kappa shape index (κ1) is 21.7. The van der Waals surface area contributed by atoms with Crippen LogP contribution in [-0.2, 0) is 9.84 Å². The SMILES string of the molecule is COc1ccsc1-c1nnc(-c2cncc(-c3ccc(S(=O)(=O)C4CCCNC4)cc3)n2)o1. The van der Waals surface area contributed by atoms with Crippen molar-refractivity contribution < 1.29 is 17.6 Å². The van der Waals surface area contributed by atoms with E-state index in [4.69, 9.17) is 9.15 Å². The van der Waals surface area contributed by atoms with E-state index in [0.717, 1.165) is 23.4 Å². The lowest BCUT2D eigenvalue weighted by Gasteiger charge is -2.22. The predicted molar refractivity (Wildman–Crippen MR) is 124 cm³/mol. The first-order chi connectivity index (χ1) is 16.1. The van der Waals surface area contributed by atoms with Crippen molar-refractivity contribution >= 4 is 21.2 Å². The van der Waals surface area contributed by atoms with E-state index in [0.29, 0.717) is 40.9 Å². The number of thiophene rings is 1. The predicted octanol–water partition coefficient (Wildman–Crippen LogP) is 3.46. The van der Waals surface area contributed by atoms with Crippen LogP contribution in [0.1, 0.15) is 12.8 Å². The summed E-state index contributed by atoms with van der Waals surface area (Å²) in [5.74, 6) is 1.24. The lowest BCUT2D eigenvalue weighted by molar-refractivity contribution is 0.416. The van der Waals surface area contributed by atoms with Crippen molar-refractivity contribution in [3.63, 3.8) is 0 Å². The molecule has 11 heteroatoms. The number of rotatable bonds is 6. The molecular formula is C22H21N5O4S2. The summed E-state index contributed by atoms with van der Waals surface area (Å²) in [5, 5.41) is 12.9. The van der Waals surface area contributed by atoms with Crippen LogP contribution < -0.4 is 10.1 Å². The topological polar surface area (TPSA) is 120 Å². The van der Waals surface area contributed by atoms with Crippen molar-refractivity contribution in [3.8, 4) is 39.4 Å².